The predicted molar refractivity (Wildman–Crippen MR) is 69.4 cm³/mol. The van der Waals surface area contributed by atoms with Crippen molar-refractivity contribution in [2.24, 2.45) is 0 Å². The Morgan fingerprint density at radius 3 is 1.95 bits per heavy atom. The summed E-state index contributed by atoms with van der Waals surface area (Å²) in [5.41, 5.74) is 3.03. The number of nitrogens with zero attached hydrogens (tertiary/aromatic N) is 4. The lowest BCUT2D eigenvalue weighted by Gasteiger charge is -1.87. The number of aromatic hydroxyl groups is 1. The van der Waals surface area contributed by atoms with Gasteiger partial charge >= 0.3 is 0 Å². The van der Waals surface area contributed by atoms with E-state index in [9.17, 15) is 0 Å². The average Bonchev–Trinajstić information content (AvgIpc) is 3.08. The Kier molecular flexibility index (Phi) is 2.77. The number of benzene rings is 2. The summed E-state index contributed by atoms with van der Waals surface area (Å²) in [4.78, 5) is 0. The van der Waals surface area contributed by atoms with Crippen LogP contribution < -0.4 is 0 Å². The number of hydrogen-bond donors (Lipinski definition) is 3. The minimum atomic E-state index is 0.159. The molecule has 2 aromatic carbocycles. The Morgan fingerprint density at radius 1 is 0.684 bits per heavy atom. The number of H-pyrrole nitrogens is 2. The molecule has 2 aromatic heterocycles. The molecule has 7 heteroatoms. The van der Waals surface area contributed by atoms with Crippen LogP contribution in [0.25, 0.3) is 22.1 Å². The molecular formula is C12H10N6O. The Morgan fingerprint density at radius 2 is 1.26 bits per heavy atom. The molecule has 0 saturated heterocycles. The Labute approximate surface area is 107 Å². The van der Waals surface area contributed by atoms with E-state index >= 15 is 0 Å². The second-order valence-electron chi connectivity index (χ2n) is 3.78. The fourth-order valence-electron chi connectivity index (χ4n) is 1.64. The Bertz CT molecular complexity index is 776. The molecule has 0 spiro atoms. The smallest absolute Gasteiger partial charge is 0.154 e. The summed E-state index contributed by atoms with van der Waals surface area (Å²) >= 11 is 0. The SMILES string of the molecule is Oc1cccc2n[nH]nc12.c1ccc2n[nH]nc2c1. The van der Waals surface area contributed by atoms with Gasteiger partial charge in [0.2, 0.25) is 0 Å². The van der Waals surface area contributed by atoms with Gasteiger partial charge in [-0.15, -0.1) is 0 Å². The molecule has 4 rings (SSSR count). The molecule has 7 nitrogen and oxygen atoms in total. The van der Waals surface area contributed by atoms with Gasteiger partial charge in [0, 0.05) is 0 Å². The molecular weight excluding hydrogens is 244 g/mol. The van der Waals surface area contributed by atoms with Crippen molar-refractivity contribution in [3.63, 3.8) is 0 Å². The molecule has 0 saturated carbocycles. The summed E-state index contributed by atoms with van der Waals surface area (Å²) in [6.45, 7) is 0. The largest absolute Gasteiger partial charge is 0.506 e. The van der Waals surface area contributed by atoms with Crippen LogP contribution in [0.3, 0.4) is 0 Å². The molecule has 4 aromatic rings. The van der Waals surface area contributed by atoms with Gasteiger partial charge in [0.15, 0.2) is 5.52 Å². The van der Waals surface area contributed by atoms with Gasteiger partial charge in [0.05, 0.1) is 0 Å². The van der Waals surface area contributed by atoms with Crippen LogP contribution in [0.2, 0.25) is 0 Å². The second kappa shape index (κ2) is 4.73. The molecule has 19 heavy (non-hydrogen) atoms. The molecule has 94 valence electrons. The first-order valence-corrected chi connectivity index (χ1v) is 5.58. The first-order chi connectivity index (χ1) is 9.34. The number of fused-ring (bicyclic) bond motifs is 2. The van der Waals surface area contributed by atoms with Crippen molar-refractivity contribution in [3.05, 3.63) is 42.5 Å². The number of phenolic OH excluding ortho intramolecular Hbond substituents is 1. The monoisotopic (exact) mass is 254 g/mol. The number of phenols is 1. The van der Waals surface area contributed by atoms with Crippen molar-refractivity contribution in [1.82, 2.24) is 30.8 Å². The summed E-state index contributed by atoms with van der Waals surface area (Å²) in [6.07, 6.45) is 0. The highest BCUT2D eigenvalue weighted by Gasteiger charge is 2.00. The summed E-state index contributed by atoms with van der Waals surface area (Å²) < 4.78 is 0. The number of nitrogens with one attached hydrogen (secondary N) is 2. The van der Waals surface area contributed by atoms with Crippen LogP contribution in [-0.2, 0) is 0 Å². The lowest BCUT2D eigenvalue weighted by molar-refractivity contribution is 0.480. The zero-order valence-electron chi connectivity index (χ0n) is 9.78. The van der Waals surface area contributed by atoms with Crippen LogP contribution in [-0.4, -0.2) is 35.9 Å². The van der Waals surface area contributed by atoms with Crippen molar-refractivity contribution in [1.29, 1.82) is 0 Å². The van der Waals surface area contributed by atoms with Crippen LogP contribution in [0.15, 0.2) is 42.5 Å². The average molecular weight is 254 g/mol. The number of hydrogen-bond acceptors (Lipinski definition) is 5. The van der Waals surface area contributed by atoms with Crippen LogP contribution >= 0.6 is 0 Å². The number of aromatic amines is 2. The molecule has 0 fully saturated rings. The maximum atomic E-state index is 9.14. The molecule has 0 aliphatic carbocycles. The van der Waals surface area contributed by atoms with Gasteiger partial charge in [-0.25, -0.2) is 0 Å². The van der Waals surface area contributed by atoms with Gasteiger partial charge in [0.1, 0.15) is 22.3 Å². The second-order valence-corrected chi connectivity index (χ2v) is 3.78. The van der Waals surface area contributed by atoms with Crippen LogP contribution in [0, 0.1) is 0 Å². The number of rotatable bonds is 0. The third-order valence-corrected chi connectivity index (χ3v) is 2.55. The minimum Gasteiger partial charge on any atom is -0.506 e. The Hall–Kier alpha value is -2.96. The maximum absolute atomic E-state index is 9.14. The van der Waals surface area contributed by atoms with E-state index in [4.69, 9.17) is 5.11 Å². The van der Waals surface area contributed by atoms with Gasteiger partial charge in [-0.05, 0) is 24.3 Å². The highest BCUT2D eigenvalue weighted by atomic mass is 16.3. The van der Waals surface area contributed by atoms with E-state index in [2.05, 4.69) is 30.8 Å². The zero-order chi connectivity index (χ0) is 13.1. The lowest BCUT2D eigenvalue weighted by Crippen LogP contribution is -1.68. The molecule has 0 bridgehead atoms. The van der Waals surface area contributed by atoms with Crippen LogP contribution in [0.5, 0.6) is 5.75 Å². The van der Waals surface area contributed by atoms with Crippen molar-refractivity contribution >= 4 is 22.1 Å². The van der Waals surface area contributed by atoms with Crippen LogP contribution in [0.1, 0.15) is 0 Å². The fraction of sp³-hybridized carbons (Fsp3) is 0. The highest BCUT2D eigenvalue weighted by molar-refractivity contribution is 5.79. The van der Waals surface area contributed by atoms with E-state index in [1.54, 1.807) is 18.2 Å². The normalized spacial score (nSPS) is 10.3. The summed E-state index contributed by atoms with van der Waals surface area (Å²) in [5, 5.41) is 29.4. The van der Waals surface area contributed by atoms with E-state index in [1.807, 2.05) is 24.3 Å². The van der Waals surface area contributed by atoms with E-state index in [1.165, 1.54) is 0 Å². The first-order valence-electron chi connectivity index (χ1n) is 5.58. The number of para-hydroxylation sites is 3. The lowest BCUT2D eigenvalue weighted by atomic mass is 10.3. The maximum Gasteiger partial charge on any atom is 0.154 e. The predicted octanol–water partition coefficient (Wildman–Crippen LogP) is 1.62. The van der Waals surface area contributed by atoms with Crippen molar-refractivity contribution in [3.8, 4) is 5.75 Å². The van der Waals surface area contributed by atoms with Crippen molar-refractivity contribution in [2.75, 3.05) is 0 Å². The van der Waals surface area contributed by atoms with Crippen LogP contribution in [0.4, 0.5) is 0 Å². The molecule has 2 heterocycles. The summed E-state index contributed by atoms with van der Waals surface area (Å²) in [6, 6.07) is 12.8. The third-order valence-electron chi connectivity index (χ3n) is 2.55. The molecule has 0 aliphatic rings. The zero-order valence-corrected chi connectivity index (χ0v) is 9.78. The van der Waals surface area contributed by atoms with Gasteiger partial charge in [-0.3, -0.25) is 0 Å². The van der Waals surface area contributed by atoms with E-state index < -0.39 is 0 Å². The molecule has 0 atom stereocenters. The number of aromatic nitrogens is 6. The highest BCUT2D eigenvalue weighted by Crippen LogP contribution is 2.18. The van der Waals surface area contributed by atoms with Crippen molar-refractivity contribution < 1.29 is 5.11 Å². The third kappa shape index (κ3) is 2.21. The van der Waals surface area contributed by atoms with Gasteiger partial charge in [0.25, 0.3) is 0 Å². The van der Waals surface area contributed by atoms with Gasteiger partial charge in [-0.2, -0.15) is 30.8 Å². The topological polar surface area (TPSA) is 103 Å². The van der Waals surface area contributed by atoms with Gasteiger partial charge < -0.3 is 5.11 Å². The first kappa shape index (κ1) is 11.1. The van der Waals surface area contributed by atoms with E-state index in [0.29, 0.717) is 11.0 Å². The fourth-order valence-corrected chi connectivity index (χ4v) is 1.64. The minimum absolute atomic E-state index is 0.159. The molecule has 3 N–H and O–H groups in total. The standard InChI is InChI=1S/C6H5N3O.C6H5N3/c10-5-3-1-2-4-6(5)8-9-7-4;1-2-4-6-5(3-1)7-9-8-6/h1-3,10H,(H,7,8,9);1-4H,(H,7,8,9). The molecule has 0 radical (unpaired) electrons. The summed E-state index contributed by atoms with van der Waals surface area (Å²) in [5.74, 6) is 0.159. The van der Waals surface area contributed by atoms with E-state index in [0.717, 1.165) is 11.0 Å². The summed E-state index contributed by atoms with van der Waals surface area (Å²) in [7, 11) is 0. The molecule has 0 aliphatic heterocycles. The quantitative estimate of drug-likeness (QED) is 0.442. The van der Waals surface area contributed by atoms with E-state index in [-0.39, 0.29) is 5.75 Å². The van der Waals surface area contributed by atoms with Gasteiger partial charge in [-0.1, -0.05) is 18.2 Å². The van der Waals surface area contributed by atoms with Crippen molar-refractivity contribution in [2.45, 2.75) is 0 Å². The Balaban J connectivity index is 0.000000117. The molecule has 0 amide bonds. The molecule has 0 unspecified atom stereocenters.